The third-order valence-electron chi connectivity index (χ3n) is 6.04. The second kappa shape index (κ2) is 13.1. The lowest BCUT2D eigenvalue weighted by Crippen LogP contribution is -2.50. The highest BCUT2D eigenvalue weighted by molar-refractivity contribution is 7.89. The maximum atomic E-state index is 13.1. The first-order chi connectivity index (χ1) is 18.4. The van der Waals surface area contributed by atoms with Gasteiger partial charge in [-0.15, -0.1) is 0 Å². The molecule has 2 aromatic rings. The van der Waals surface area contributed by atoms with Crippen LogP contribution in [0.25, 0.3) is 0 Å². The van der Waals surface area contributed by atoms with Crippen LogP contribution >= 0.6 is 0 Å². The summed E-state index contributed by atoms with van der Waals surface area (Å²) in [6, 6.07) is 10.3. The average molecular weight is 560 g/mol. The molecule has 0 radical (unpaired) electrons. The van der Waals surface area contributed by atoms with Gasteiger partial charge in [0, 0.05) is 19.5 Å². The molecule has 0 saturated carbocycles. The molecular formula is C28H37N3O7S. The topological polar surface area (TPSA) is 140 Å². The molecular weight excluding hydrogens is 522 g/mol. The van der Waals surface area contributed by atoms with Gasteiger partial charge < -0.3 is 20.1 Å². The van der Waals surface area contributed by atoms with Crippen LogP contribution in [-0.2, 0) is 43.6 Å². The number of rotatable bonds is 11. The number of nitrogens with one attached hydrogen (secondary N) is 3. The lowest BCUT2D eigenvalue weighted by Gasteiger charge is -2.20. The summed E-state index contributed by atoms with van der Waals surface area (Å²) in [6.45, 7) is 6.78. The molecule has 0 aromatic heterocycles. The van der Waals surface area contributed by atoms with Crippen LogP contribution in [0, 0.1) is 0 Å². The minimum Gasteiger partial charge on any atom is -0.444 e. The van der Waals surface area contributed by atoms with Gasteiger partial charge in [0.15, 0.2) is 0 Å². The molecule has 0 fully saturated rings. The van der Waals surface area contributed by atoms with Gasteiger partial charge in [0.1, 0.15) is 17.4 Å². The SMILES string of the molecule is CCc1ccc(S(=O)(=O)N[C@@H](CNC(=O)CCNC(=O)OC(C)(C)C)C(=O)Oc2ccc3c(c2)CCC3)cc1. The van der Waals surface area contributed by atoms with Crippen molar-refractivity contribution < 1.29 is 32.3 Å². The number of hydrogen-bond donors (Lipinski definition) is 3. The van der Waals surface area contributed by atoms with Crippen LogP contribution in [0.15, 0.2) is 47.4 Å². The van der Waals surface area contributed by atoms with Crippen LogP contribution in [-0.4, -0.2) is 51.1 Å². The Morgan fingerprint density at radius 3 is 2.33 bits per heavy atom. The summed E-state index contributed by atoms with van der Waals surface area (Å²) < 4.78 is 39.1. The van der Waals surface area contributed by atoms with Gasteiger partial charge in [0.2, 0.25) is 15.9 Å². The molecule has 39 heavy (non-hydrogen) atoms. The second-order valence-electron chi connectivity index (χ2n) is 10.4. The third kappa shape index (κ3) is 9.36. The van der Waals surface area contributed by atoms with E-state index < -0.39 is 39.6 Å². The summed E-state index contributed by atoms with van der Waals surface area (Å²) in [5, 5.41) is 5.02. The molecule has 3 N–H and O–H groups in total. The minimum absolute atomic E-state index is 0.000486. The highest BCUT2D eigenvalue weighted by atomic mass is 32.2. The van der Waals surface area contributed by atoms with Crippen molar-refractivity contribution >= 4 is 28.0 Å². The van der Waals surface area contributed by atoms with Crippen molar-refractivity contribution in [2.45, 2.75) is 76.3 Å². The van der Waals surface area contributed by atoms with Crippen LogP contribution in [0.1, 0.15) is 57.2 Å². The number of benzene rings is 2. The lowest BCUT2D eigenvalue weighted by molar-refractivity contribution is -0.136. The van der Waals surface area contributed by atoms with Crippen molar-refractivity contribution in [3.05, 3.63) is 59.2 Å². The van der Waals surface area contributed by atoms with E-state index in [2.05, 4.69) is 15.4 Å². The second-order valence-corrected chi connectivity index (χ2v) is 12.1. The van der Waals surface area contributed by atoms with Crippen LogP contribution in [0.2, 0.25) is 0 Å². The zero-order valence-corrected chi connectivity index (χ0v) is 23.7. The maximum Gasteiger partial charge on any atom is 0.407 e. The molecule has 2 aromatic carbocycles. The Balaban J connectivity index is 1.66. The largest absolute Gasteiger partial charge is 0.444 e. The fourth-order valence-corrected chi connectivity index (χ4v) is 5.21. The number of carbonyl (C=O) groups excluding carboxylic acids is 3. The highest BCUT2D eigenvalue weighted by Gasteiger charge is 2.28. The molecule has 1 atom stereocenters. The molecule has 2 amide bonds. The normalized spacial score (nSPS) is 13.7. The van der Waals surface area contributed by atoms with Crippen LogP contribution in [0.3, 0.4) is 0 Å². The van der Waals surface area contributed by atoms with Gasteiger partial charge in [0.05, 0.1) is 4.90 Å². The Labute approximate surface area is 229 Å². The van der Waals surface area contributed by atoms with E-state index in [-0.39, 0.29) is 24.4 Å². The molecule has 0 aliphatic heterocycles. The Morgan fingerprint density at radius 2 is 1.67 bits per heavy atom. The Kier molecular flexibility index (Phi) is 10.1. The Morgan fingerprint density at radius 1 is 0.974 bits per heavy atom. The number of ether oxygens (including phenoxy) is 2. The van der Waals surface area contributed by atoms with Gasteiger partial charge in [-0.05, 0) is 87.4 Å². The Hall–Kier alpha value is -3.44. The monoisotopic (exact) mass is 559 g/mol. The van der Waals surface area contributed by atoms with E-state index in [4.69, 9.17) is 9.47 Å². The van der Waals surface area contributed by atoms with E-state index in [0.29, 0.717) is 5.75 Å². The summed E-state index contributed by atoms with van der Waals surface area (Å²) in [5.74, 6) is -1.04. The fourth-order valence-electron chi connectivity index (χ4n) is 4.03. The van der Waals surface area contributed by atoms with Crippen LogP contribution in [0.5, 0.6) is 5.75 Å². The van der Waals surface area contributed by atoms with Gasteiger partial charge in [-0.1, -0.05) is 25.1 Å². The molecule has 3 rings (SSSR count). The third-order valence-corrected chi connectivity index (χ3v) is 7.52. The zero-order chi connectivity index (χ0) is 28.6. The van der Waals surface area contributed by atoms with E-state index in [1.54, 1.807) is 45.0 Å². The van der Waals surface area contributed by atoms with Crippen molar-refractivity contribution in [2.75, 3.05) is 13.1 Å². The van der Waals surface area contributed by atoms with Crippen LogP contribution in [0.4, 0.5) is 4.79 Å². The molecule has 0 bridgehead atoms. The Bertz CT molecular complexity index is 1290. The molecule has 1 aliphatic rings. The predicted molar refractivity (Wildman–Crippen MR) is 146 cm³/mol. The molecule has 1 aliphatic carbocycles. The summed E-state index contributed by atoms with van der Waals surface area (Å²) in [5.41, 5.74) is 2.59. The number of esters is 1. The van der Waals surface area contributed by atoms with Gasteiger partial charge in [0.25, 0.3) is 0 Å². The summed E-state index contributed by atoms with van der Waals surface area (Å²) in [6.07, 6.45) is 2.87. The smallest absolute Gasteiger partial charge is 0.407 e. The maximum absolute atomic E-state index is 13.1. The first kappa shape index (κ1) is 30.1. The number of aryl methyl sites for hydroxylation is 3. The van der Waals surface area contributed by atoms with Crippen molar-refractivity contribution in [1.29, 1.82) is 0 Å². The molecule has 10 nitrogen and oxygen atoms in total. The predicted octanol–water partition coefficient (Wildman–Crippen LogP) is 3.02. The lowest BCUT2D eigenvalue weighted by atomic mass is 10.1. The molecule has 0 unspecified atom stereocenters. The van der Waals surface area contributed by atoms with E-state index in [1.807, 2.05) is 13.0 Å². The highest BCUT2D eigenvalue weighted by Crippen LogP contribution is 2.26. The fraction of sp³-hybridized carbons (Fsp3) is 0.464. The van der Waals surface area contributed by atoms with E-state index in [9.17, 15) is 22.8 Å². The molecule has 212 valence electrons. The summed E-state index contributed by atoms with van der Waals surface area (Å²) >= 11 is 0. The first-order valence-electron chi connectivity index (χ1n) is 13.0. The minimum atomic E-state index is -4.10. The number of fused-ring (bicyclic) bond motifs is 1. The van der Waals surface area contributed by atoms with Crippen molar-refractivity contribution in [3.8, 4) is 5.75 Å². The molecule has 0 spiro atoms. The van der Waals surface area contributed by atoms with E-state index in [1.165, 1.54) is 17.7 Å². The quantitative estimate of drug-likeness (QED) is 0.284. The van der Waals surface area contributed by atoms with Crippen molar-refractivity contribution in [1.82, 2.24) is 15.4 Å². The number of sulfonamides is 1. The van der Waals surface area contributed by atoms with E-state index >= 15 is 0 Å². The zero-order valence-electron chi connectivity index (χ0n) is 22.8. The number of amides is 2. The van der Waals surface area contributed by atoms with Crippen molar-refractivity contribution in [3.63, 3.8) is 0 Å². The molecule has 11 heteroatoms. The van der Waals surface area contributed by atoms with Gasteiger partial charge in [-0.3, -0.25) is 4.79 Å². The average Bonchev–Trinajstić information content (AvgIpc) is 3.33. The molecule has 0 saturated heterocycles. The first-order valence-corrected chi connectivity index (χ1v) is 14.5. The van der Waals surface area contributed by atoms with Gasteiger partial charge in [-0.25, -0.2) is 18.0 Å². The standard InChI is InChI=1S/C28H37N3O7S/c1-5-19-9-13-23(14-10-19)39(35,36)31-24(18-30-25(32)15-16-29-27(34)38-28(2,3)4)26(33)37-22-12-11-20-7-6-8-21(20)17-22/h9-14,17,24,31H,5-8,15-16,18H2,1-4H3,(H,29,34)(H,30,32)/t24-/m0/s1. The van der Waals surface area contributed by atoms with Gasteiger partial charge >= 0.3 is 12.1 Å². The number of hydrogen-bond acceptors (Lipinski definition) is 7. The molecule has 0 heterocycles. The number of carbonyl (C=O) groups is 3. The van der Waals surface area contributed by atoms with E-state index in [0.717, 1.165) is 36.8 Å². The van der Waals surface area contributed by atoms with Crippen LogP contribution < -0.4 is 20.1 Å². The van der Waals surface area contributed by atoms with Crippen molar-refractivity contribution in [2.24, 2.45) is 0 Å². The summed E-state index contributed by atoms with van der Waals surface area (Å²) in [4.78, 5) is 37.3. The number of alkyl carbamates (subject to hydrolysis) is 1. The van der Waals surface area contributed by atoms with Gasteiger partial charge in [-0.2, -0.15) is 4.72 Å². The summed E-state index contributed by atoms with van der Waals surface area (Å²) in [7, 11) is -4.10.